The van der Waals surface area contributed by atoms with Crippen LogP contribution in [-0.4, -0.2) is 13.1 Å². The maximum Gasteiger partial charge on any atom is 0.305 e. The van der Waals surface area contributed by atoms with Crippen molar-refractivity contribution in [1.29, 1.82) is 0 Å². The summed E-state index contributed by atoms with van der Waals surface area (Å²) in [5.41, 5.74) is 0. The van der Waals surface area contributed by atoms with Gasteiger partial charge in [-0.2, -0.15) is 0 Å². The van der Waals surface area contributed by atoms with Gasteiger partial charge in [0, 0.05) is 6.42 Å². The highest BCUT2D eigenvalue weighted by Gasteiger charge is 1.98. The fourth-order valence-corrected chi connectivity index (χ4v) is 1.91. The van der Waals surface area contributed by atoms with E-state index in [1.54, 1.807) is 0 Å². The zero-order valence-electron chi connectivity index (χ0n) is 12.2. The maximum atomic E-state index is 10.9. The van der Waals surface area contributed by atoms with E-state index in [9.17, 15) is 4.79 Å². The molecule has 2 heteroatoms. The van der Waals surface area contributed by atoms with Crippen LogP contribution in [0.3, 0.4) is 0 Å². The van der Waals surface area contributed by atoms with Crippen LogP contribution in [0.5, 0.6) is 0 Å². The van der Waals surface area contributed by atoms with Gasteiger partial charge in [0.25, 0.3) is 0 Å². The van der Waals surface area contributed by atoms with Gasteiger partial charge < -0.3 is 4.74 Å². The van der Waals surface area contributed by atoms with Crippen molar-refractivity contribution in [3.8, 4) is 0 Å². The number of unbranched alkanes of at least 4 members (excludes halogenated alkanes) is 8. The molecule has 0 aromatic heterocycles. The van der Waals surface area contributed by atoms with Crippen LogP contribution in [0.1, 0.15) is 77.6 Å². The van der Waals surface area contributed by atoms with E-state index >= 15 is 0 Å². The first-order valence-corrected chi connectivity index (χ1v) is 7.53. The smallest absolute Gasteiger partial charge is 0.305 e. The molecule has 0 unspecified atom stereocenters. The Morgan fingerprint density at radius 3 is 2.00 bits per heavy atom. The zero-order valence-corrected chi connectivity index (χ0v) is 12.2. The number of rotatable bonds is 12. The number of methoxy groups -OCH3 is 1. The molecule has 0 spiro atoms. The first-order chi connectivity index (χ1) is 8.81. The highest BCUT2D eigenvalue weighted by Crippen LogP contribution is 2.08. The molecule has 0 bridgehead atoms. The van der Waals surface area contributed by atoms with Gasteiger partial charge in [0.1, 0.15) is 0 Å². The largest absolute Gasteiger partial charge is 0.469 e. The highest BCUT2D eigenvalue weighted by atomic mass is 16.5. The van der Waals surface area contributed by atoms with Crippen molar-refractivity contribution >= 4 is 5.97 Å². The summed E-state index contributed by atoms with van der Waals surface area (Å²) < 4.78 is 4.60. The molecular formula is C16H30O2. The Balaban J connectivity index is 3.10. The molecule has 0 amide bonds. The summed E-state index contributed by atoms with van der Waals surface area (Å²) in [5.74, 6) is -0.0815. The number of hydrogen-bond acceptors (Lipinski definition) is 2. The summed E-state index contributed by atoms with van der Waals surface area (Å²) in [6, 6.07) is 0. The van der Waals surface area contributed by atoms with Gasteiger partial charge in [-0.05, 0) is 32.1 Å². The second-order valence-electron chi connectivity index (χ2n) is 4.85. The van der Waals surface area contributed by atoms with E-state index in [1.165, 1.54) is 58.5 Å². The highest BCUT2D eigenvalue weighted by molar-refractivity contribution is 5.68. The molecule has 0 rings (SSSR count). The van der Waals surface area contributed by atoms with Gasteiger partial charge >= 0.3 is 5.97 Å². The van der Waals surface area contributed by atoms with E-state index in [0.717, 1.165) is 12.8 Å². The molecule has 0 aliphatic rings. The van der Waals surface area contributed by atoms with E-state index in [-0.39, 0.29) is 5.97 Å². The van der Waals surface area contributed by atoms with E-state index in [4.69, 9.17) is 0 Å². The Labute approximate surface area is 113 Å². The summed E-state index contributed by atoms with van der Waals surface area (Å²) in [5, 5.41) is 0. The molecule has 0 fully saturated rings. The second kappa shape index (κ2) is 14.3. The molecule has 18 heavy (non-hydrogen) atoms. The van der Waals surface area contributed by atoms with Gasteiger partial charge in [-0.15, -0.1) is 0 Å². The van der Waals surface area contributed by atoms with E-state index in [2.05, 4.69) is 23.8 Å². The van der Waals surface area contributed by atoms with Crippen LogP contribution in [0.2, 0.25) is 0 Å². The van der Waals surface area contributed by atoms with Crippen LogP contribution in [0, 0.1) is 0 Å². The Kier molecular flexibility index (Phi) is 13.6. The minimum absolute atomic E-state index is 0.0815. The molecular weight excluding hydrogens is 224 g/mol. The lowest BCUT2D eigenvalue weighted by atomic mass is 10.1. The first-order valence-electron chi connectivity index (χ1n) is 7.53. The van der Waals surface area contributed by atoms with Gasteiger partial charge in [-0.3, -0.25) is 4.79 Å². The van der Waals surface area contributed by atoms with Gasteiger partial charge in [0.05, 0.1) is 7.11 Å². The van der Waals surface area contributed by atoms with Crippen molar-refractivity contribution < 1.29 is 9.53 Å². The molecule has 0 aliphatic heterocycles. The van der Waals surface area contributed by atoms with Gasteiger partial charge in [0.2, 0.25) is 0 Å². The average Bonchev–Trinajstić information content (AvgIpc) is 2.39. The molecule has 0 saturated carbocycles. The Bertz CT molecular complexity index is 209. The molecule has 0 atom stereocenters. The Morgan fingerprint density at radius 1 is 0.889 bits per heavy atom. The maximum absolute atomic E-state index is 10.9. The molecule has 0 heterocycles. The molecule has 0 aromatic carbocycles. The third-order valence-corrected chi connectivity index (χ3v) is 3.12. The summed E-state index contributed by atoms with van der Waals surface area (Å²) in [6.45, 7) is 2.25. The third-order valence-electron chi connectivity index (χ3n) is 3.12. The lowest BCUT2D eigenvalue weighted by molar-refractivity contribution is -0.140. The van der Waals surface area contributed by atoms with Crippen molar-refractivity contribution in [3.63, 3.8) is 0 Å². The van der Waals surface area contributed by atoms with Crippen molar-refractivity contribution in [3.05, 3.63) is 12.2 Å². The van der Waals surface area contributed by atoms with Gasteiger partial charge in [0.15, 0.2) is 0 Å². The molecule has 0 saturated heterocycles. The fourth-order valence-electron chi connectivity index (χ4n) is 1.91. The van der Waals surface area contributed by atoms with Crippen LogP contribution in [0.4, 0.5) is 0 Å². The average molecular weight is 254 g/mol. The number of allylic oxidation sites excluding steroid dienone is 2. The number of carbonyl (C=O) groups is 1. The minimum atomic E-state index is -0.0815. The van der Waals surface area contributed by atoms with Gasteiger partial charge in [-0.25, -0.2) is 0 Å². The first kappa shape index (κ1) is 17.2. The SMILES string of the molecule is CCCCCCC=CCCCCCCC(=O)OC. The van der Waals surface area contributed by atoms with Crippen LogP contribution in [-0.2, 0) is 9.53 Å². The topological polar surface area (TPSA) is 26.3 Å². The summed E-state index contributed by atoms with van der Waals surface area (Å²) in [7, 11) is 1.45. The summed E-state index contributed by atoms with van der Waals surface area (Å²) in [6.07, 6.45) is 17.6. The monoisotopic (exact) mass is 254 g/mol. The zero-order chi connectivity index (χ0) is 13.5. The van der Waals surface area contributed by atoms with Crippen LogP contribution < -0.4 is 0 Å². The molecule has 0 aromatic rings. The number of carbonyl (C=O) groups excluding carboxylic acids is 1. The predicted octanol–water partition coefficient (Wildman–Crippen LogP) is 5.03. The minimum Gasteiger partial charge on any atom is -0.469 e. The van der Waals surface area contributed by atoms with E-state index in [1.807, 2.05) is 0 Å². The molecule has 0 N–H and O–H groups in total. The van der Waals surface area contributed by atoms with Crippen LogP contribution in [0.25, 0.3) is 0 Å². The lowest BCUT2D eigenvalue weighted by Gasteiger charge is -1.99. The van der Waals surface area contributed by atoms with E-state index < -0.39 is 0 Å². The fraction of sp³-hybridized carbons (Fsp3) is 0.812. The van der Waals surface area contributed by atoms with E-state index in [0.29, 0.717) is 6.42 Å². The number of ether oxygens (including phenoxy) is 1. The molecule has 0 radical (unpaired) electrons. The Hall–Kier alpha value is -0.790. The summed E-state index contributed by atoms with van der Waals surface area (Å²) in [4.78, 5) is 10.9. The van der Waals surface area contributed by atoms with Crippen molar-refractivity contribution in [2.24, 2.45) is 0 Å². The molecule has 0 aliphatic carbocycles. The van der Waals surface area contributed by atoms with Crippen molar-refractivity contribution in [1.82, 2.24) is 0 Å². The number of hydrogen-bond donors (Lipinski definition) is 0. The molecule has 2 nitrogen and oxygen atoms in total. The predicted molar refractivity (Wildman–Crippen MR) is 77.6 cm³/mol. The molecule has 106 valence electrons. The third kappa shape index (κ3) is 13.3. The van der Waals surface area contributed by atoms with Crippen LogP contribution >= 0.6 is 0 Å². The summed E-state index contributed by atoms with van der Waals surface area (Å²) >= 11 is 0. The second-order valence-corrected chi connectivity index (χ2v) is 4.85. The normalized spacial score (nSPS) is 11.0. The van der Waals surface area contributed by atoms with Crippen molar-refractivity contribution in [2.45, 2.75) is 77.6 Å². The van der Waals surface area contributed by atoms with Crippen molar-refractivity contribution in [2.75, 3.05) is 7.11 Å². The van der Waals surface area contributed by atoms with Gasteiger partial charge in [-0.1, -0.05) is 51.2 Å². The Morgan fingerprint density at radius 2 is 1.44 bits per heavy atom. The lowest BCUT2D eigenvalue weighted by Crippen LogP contribution is -1.98. The number of esters is 1. The quantitative estimate of drug-likeness (QED) is 0.277. The van der Waals surface area contributed by atoms with Crippen LogP contribution in [0.15, 0.2) is 12.2 Å². The standard InChI is InChI=1S/C16H30O2/c1-3-4-5-6-7-8-9-10-11-12-13-14-15-16(17)18-2/h8-9H,3-7,10-15H2,1-2H3.